The first-order valence-electron chi connectivity index (χ1n) is 9.75. The maximum Gasteiger partial charge on any atom is 0.0165 e. The zero-order valence-electron chi connectivity index (χ0n) is 16.9. The van der Waals surface area contributed by atoms with Gasteiger partial charge in [-0.2, -0.15) is 0 Å². The summed E-state index contributed by atoms with van der Waals surface area (Å²) in [5.74, 6) is 0.914. The fourth-order valence-corrected chi connectivity index (χ4v) is 3.96. The van der Waals surface area contributed by atoms with E-state index >= 15 is 0 Å². The normalized spacial score (nSPS) is 22.4. The molecule has 1 rings (SSSR count). The van der Waals surface area contributed by atoms with Gasteiger partial charge in [0.05, 0.1) is 0 Å². The molecule has 0 aromatic heterocycles. The molecule has 0 radical (unpaired) electrons. The van der Waals surface area contributed by atoms with E-state index in [-0.39, 0.29) is 0 Å². The molecule has 1 aliphatic carbocycles. The Morgan fingerprint density at radius 2 is 1.91 bits per heavy atom. The van der Waals surface area contributed by atoms with Crippen LogP contribution < -0.4 is 0 Å². The molecule has 1 fully saturated rings. The lowest BCUT2D eigenvalue weighted by Gasteiger charge is -2.34. The summed E-state index contributed by atoms with van der Waals surface area (Å²) >= 11 is 0. The van der Waals surface area contributed by atoms with E-state index in [2.05, 4.69) is 65.6 Å². The Hall–Kier alpha value is -0.560. The molecule has 0 heterocycles. The SMILES string of the molecule is CCC(CC1CCCC1(C)C)N(C)C/C=C(\C)CCC=C(C)C. The van der Waals surface area contributed by atoms with Gasteiger partial charge in [0.25, 0.3) is 0 Å². The fourth-order valence-electron chi connectivity index (χ4n) is 3.96. The standard InChI is InChI=1S/C22H41N/c1-8-21(17-20-13-10-15-22(20,5)6)23(7)16-14-19(4)12-9-11-18(2)3/h11,14,20-21H,8-10,12-13,15-17H2,1-7H3/b19-14+. The quantitative estimate of drug-likeness (QED) is 0.432. The summed E-state index contributed by atoms with van der Waals surface area (Å²) in [4.78, 5) is 2.58. The van der Waals surface area contributed by atoms with Gasteiger partial charge in [0, 0.05) is 12.6 Å². The Bertz CT molecular complexity index is 398. The molecule has 0 saturated heterocycles. The van der Waals surface area contributed by atoms with Crippen molar-refractivity contribution < 1.29 is 0 Å². The molecule has 0 bridgehead atoms. The molecule has 0 amide bonds. The van der Waals surface area contributed by atoms with Gasteiger partial charge in [-0.15, -0.1) is 0 Å². The molecule has 1 saturated carbocycles. The first-order valence-corrected chi connectivity index (χ1v) is 9.75. The van der Waals surface area contributed by atoms with Gasteiger partial charge in [0.15, 0.2) is 0 Å². The summed E-state index contributed by atoms with van der Waals surface area (Å²) in [6.07, 6.45) is 14.1. The minimum atomic E-state index is 0.560. The second-order valence-electron chi connectivity index (χ2n) is 8.69. The average molecular weight is 320 g/mol. The molecular formula is C22H41N. The number of allylic oxidation sites excluding steroid dienone is 3. The van der Waals surface area contributed by atoms with Crippen LogP contribution in [0.4, 0.5) is 0 Å². The van der Waals surface area contributed by atoms with E-state index in [0.717, 1.165) is 18.5 Å². The lowest BCUT2D eigenvalue weighted by atomic mass is 9.78. The van der Waals surface area contributed by atoms with Gasteiger partial charge in [0.1, 0.15) is 0 Å². The fraction of sp³-hybridized carbons (Fsp3) is 0.818. The predicted molar refractivity (Wildman–Crippen MR) is 105 cm³/mol. The Morgan fingerprint density at radius 3 is 2.43 bits per heavy atom. The third-order valence-electron chi connectivity index (χ3n) is 5.95. The highest BCUT2D eigenvalue weighted by Gasteiger charge is 2.35. The summed E-state index contributed by atoms with van der Waals surface area (Å²) in [6, 6.07) is 0.735. The molecule has 0 aromatic rings. The van der Waals surface area contributed by atoms with Gasteiger partial charge in [-0.3, -0.25) is 4.90 Å². The predicted octanol–water partition coefficient (Wildman–Crippen LogP) is 6.61. The maximum atomic E-state index is 2.58. The smallest absolute Gasteiger partial charge is 0.0165 e. The van der Waals surface area contributed by atoms with Crippen molar-refractivity contribution in [3.05, 3.63) is 23.3 Å². The first-order chi connectivity index (χ1) is 10.8. The van der Waals surface area contributed by atoms with Crippen LogP contribution in [0.5, 0.6) is 0 Å². The van der Waals surface area contributed by atoms with Crippen LogP contribution in [-0.4, -0.2) is 24.5 Å². The van der Waals surface area contributed by atoms with E-state index in [0.29, 0.717) is 5.41 Å². The van der Waals surface area contributed by atoms with E-state index < -0.39 is 0 Å². The minimum absolute atomic E-state index is 0.560. The van der Waals surface area contributed by atoms with Crippen LogP contribution in [0, 0.1) is 11.3 Å². The summed E-state index contributed by atoms with van der Waals surface area (Å²) in [6.45, 7) is 15.1. The van der Waals surface area contributed by atoms with Crippen molar-refractivity contribution in [1.29, 1.82) is 0 Å². The summed E-state index contributed by atoms with van der Waals surface area (Å²) in [5.41, 5.74) is 3.52. The highest BCUT2D eigenvalue weighted by molar-refractivity contribution is 5.03. The second-order valence-corrected chi connectivity index (χ2v) is 8.69. The Morgan fingerprint density at radius 1 is 1.22 bits per heavy atom. The van der Waals surface area contributed by atoms with Crippen LogP contribution in [0.25, 0.3) is 0 Å². The maximum absolute atomic E-state index is 2.58. The zero-order valence-corrected chi connectivity index (χ0v) is 16.9. The molecule has 1 heteroatoms. The molecule has 0 N–H and O–H groups in total. The van der Waals surface area contributed by atoms with Gasteiger partial charge in [-0.05, 0) is 77.7 Å². The van der Waals surface area contributed by atoms with Crippen molar-refractivity contribution in [3.8, 4) is 0 Å². The molecule has 0 aliphatic heterocycles. The van der Waals surface area contributed by atoms with E-state index in [4.69, 9.17) is 0 Å². The van der Waals surface area contributed by atoms with Gasteiger partial charge in [-0.1, -0.05) is 50.5 Å². The molecule has 1 aliphatic rings. The summed E-state index contributed by atoms with van der Waals surface area (Å²) in [5, 5.41) is 0. The molecule has 2 unspecified atom stereocenters. The number of rotatable bonds is 9. The molecule has 134 valence electrons. The minimum Gasteiger partial charge on any atom is -0.300 e. The third kappa shape index (κ3) is 7.25. The van der Waals surface area contributed by atoms with E-state index in [9.17, 15) is 0 Å². The van der Waals surface area contributed by atoms with Crippen LogP contribution in [0.15, 0.2) is 23.3 Å². The number of hydrogen-bond acceptors (Lipinski definition) is 1. The Labute approximate surface area is 146 Å². The van der Waals surface area contributed by atoms with Gasteiger partial charge in [-0.25, -0.2) is 0 Å². The van der Waals surface area contributed by atoms with Crippen LogP contribution in [0.3, 0.4) is 0 Å². The highest BCUT2D eigenvalue weighted by atomic mass is 15.1. The monoisotopic (exact) mass is 319 g/mol. The van der Waals surface area contributed by atoms with Crippen molar-refractivity contribution in [1.82, 2.24) is 4.90 Å². The summed E-state index contributed by atoms with van der Waals surface area (Å²) in [7, 11) is 2.32. The van der Waals surface area contributed by atoms with Crippen LogP contribution in [0.2, 0.25) is 0 Å². The topological polar surface area (TPSA) is 3.24 Å². The van der Waals surface area contributed by atoms with Crippen molar-refractivity contribution in [2.24, 2.45) is 11.3 Å². The van der Waals surface area contributed by atoms with E-state index in [1.165, 1.54) is 56.1 Å². The van der Waals surface area contributed by atoms with Crippen molar-refractivity contribution >= 4 is 0 Å². The molecule has 2 atom stereocenters. The zero-order chi connectivity index (χ0) is 17.5. The number of likely N-dealkylation sites (N-methyl/N-ethyl adjacent to an activating group) is 1. The molecule has 0 aromatic carbocycles. The largest absolute Gasteiger partial charge is 0.300 e. The molecular weight excluding hydrogens is 278 g/mol. The van der Waals surface area contributed by atoms with Crippen LogP contribution in [0.1, 0.15) is 86.5 Å². The first kappa shape index (κ1) is 20.5. The third-order valence-corrected chi connectivity index (χ3v) is 5.95. The second kappa shape index (κ2) is 9.67. The van der Waals surface area contributed by atoms with Crippen LogP contribution in [-0.2, 0) is 0 Å². The van der Waals surface area contributed by atoms with Gasteiger partial charge < -0.3 is 0 Å². The van der Waals surface area contributed by atoms with Crippen molar-refractivity contribution in [2.45, 2.75) is 92.5 Å². The molecule has 1 nitrogen and oxygen atoms in total. The Kier molecular flexibility index (Phi) is 8.61. The van der Waals surface area contributed by atoms with Crippen molar-refractivity contribution in [3.63, 3.8) is 0 Å². The van der Waals surface area contributed by atoms with E-state index in [1.54, 1.807) is 0 Å². The van der Waals surface area contributed by atoms with Crippen molar-refractivity contribution in [2.75, 3.05) is 13.6 Å². The highest BCUT2D eigenvalue weighted by Crippen LogP contribution is 2.45. The van der Waals surface area contributed by atoms with Crippen LogP contribution >= 0.6 is 0 Å². The van der Waals surface area contributed by atoms with E-state index in [1.807, 2.05) is 0 Å². The van der Waals surface area contributed by atoms with Gasteiger partial charge >= 0.3 is 0 Å². The summed E-state index contributed by atoms with van der Waals surface area (Å²) < 4.78 is 0. The lowest BCUT2D eigenvalue weighted by molar-refractivity contribution is 0.163. The molecule has 23 heavy (non-hydrogen) atoms. The number of nitrogens with zero attached hydrogens (tertiary/aromatic N) is 1. The number of hydrogen-bond donors (Lipinski definition) is 0. The molecule has 0 spiro atoms. The Balaban J connectivity index is 2.47. The van der Waals surface area contributed by atoms with Gasteiger partial charge in [0.2, 0.25) is 0 Å². The lowest BCUT2D eigenvalue weighted by Crippen LogP contribution is -2.35. The average Bonchev–Trinajstić information content (AvgIpc) is 2.80.